The van der Waals surface area contributed by atoms with Crippen LogP contribution in [0.4, 0.5) is 10.6 Å². The summed E-state index contributed by atoms with van der Waals surface area (Å²) in [5, 5.41) is 50.0. The summed E-state index contributed by atoms with van der Waals surface area (Å²) < 4.78 is 58.5. The quantitative estimate of drug-likeness (QED) is 0.0172. The van der Waals surface area contributed by atoms with Gasteiger partial charge in [-0.15, -0.1) is 0 Å². The number of aromatic nitrogens is 2. The van der Waals surface area contributed by atoms with Crippen LogP contribution >= 0.6 is 45.1 Å². The molecule has 5 unspecified atom stereocenters. The number of nitrogens with zero attached hydrogens (tertiary/aromatic N) is 2. The number of phosphoric acid groups is 3. The molecule has 15 N–H and O–H groups in total. The number of benzene rings is 2. The van der Waals surface area contributed by atoms with Gasteiger partial charge in [-0.25, -0.2) is 28.1 Å². The van der Waals surface area contributed by atoms with Crippen molar-refractivity contribution in [1.82, 2.24) is 36.1 Å². The second kappa shape index (κ2) is 32.1. The number of rotatable bonds is 33. The Morgan fingerprint density at radius 2 is 1.41 bits per heavy atom. The van der Waals surface area contributed by atoms with Crippen LogP contribution in [0.2, 0.25) is 0 Å². The van der Waals surface area contributed by atoms with Crippen LogP contribution in [0.1, 0.15) is 80.2 Å². The standard InChI is InChI=1S/C47H59N8O25P3S2/c48-42-26(22-55(46(67)54-42)39-21-35(56)36(78-39)24-77-82(72,73)80-83(74,75)79-81(69,70)71)9-8-17-49-37(57)15-18-84-85-25-34(53-47(68)76-23-31-29-12-5-3-10-27(29)28-11-4-6-13-30(28)31)43(63)50-16-7-1-2-14-38(58)51-32(19-40(59)60)44(64)52-33(45(65)66)20-41(61)62/h3-6,10-13,22,31-36,39,56H,1-2,7,14-21,23-25H2,(H,49,57)(H,50,63)(H,51,58)(H,52,64)(H,53,68)(H,59,60)(H,61,62)(H,65,66)(H,72,73)(H,74,75)(H2,48,54,67)(H2,69,70,71)/t32?,33?,34?,35-,36-,39-/m1/s1. The number of nitrogens with two attached hydrogens (primary N) is 1. The Kier molecular flexibility index (Phi) is 26.1. The van der Waals surface area contributed by atoms with E-state index in [1.807, 2.05) is 53.8 Å². The molecule has 38 heteroatoms. The summed E-state index contributed by atoms with van der Waals surface area (Å²) in [5.41, 5.74) is 8.83. The summed E-state index contributed by atoms with van der Waals surface area (Å²) >= 11 is 0. The fraction of sp³-hybridized carbons (Fsp3) is 0.447. The number of nitrogen functional groups attached to an aromatic ring is 1. The van der Waals surface area contributed by atoms with Crippen molar-refractivity contribution in [1.29, 1.82) is 0 Å². The van der Waals surface area contributed by atoms with Crippen molar-refractivity contribution >= 4 is 98.5 Å². The van der Waals surface area contributed by atoms with Gasteiger partial charge in [0.05, 0.1) is 37.7 Å². The maximum absolute atomic E-state index is 13.5. The van der Waals surface area contributed by atoms with Gasteiger partial charge in [0.1, 0.15) is 42.9 Å². The number of carbonyl (C=O) groups is 8. The molecule has 1 fully saturated rings. The number of nitrogens with one attached hydrogen (secondary N) is 5. The molecule has 0 radical (unpaired) electrons. The molecule has 464 valence electrons. The van der Waals surface area contributed by atoms with Gasteiger partial charge < -0.3 is 81.8 Å². The monoisotopic (exact) mass is 1290 g/mol. The van der Waals surface area contributed by atoms with Gasteiger partial charge in [0.25, 0.3) is 0 Å². The van der Waals surface area contributed by atoms with Crippen LogP contribution in [0.5, 0.6) is 0 Å². The lowest BCUT2D eigenvalue weighted by atomic mass is 9.98. The first-order valence-corrected chi connectivity index (χ1v) is 32.2. The highest BCUT2D eigenvalue weighted by Gasteiger charge is 2.43. The van der Waals surface area contributed by atoms with E-state index in [1.54, 1.807) is 0 Å². The molecule has 1 aliphatic heterocycles. The Bertz CT molecular complexity index is 3190. The number of phosphoric ester groups is 1. The topological polar surface area (TPSA) is 517 Å². The average molecular weight is 1290 g/mol. The fourth-order valence-corrected chi connectivity index (χ4v) is 13.3. The molecule has 1 saturated heterocycles. The number of amides is 5. The smallest absolute Gasteiger partial charge is 0.481 e. The van der Waals surface area contributed by atoms with Crippen LogP contribution in [-0.4, -0.2) is 165 Å². The molecule has 2 aliphatic rings. The van der Waals surface area contributed by atoms with Crippen LogP contribution in [0.25, 0.3) is 11.1 Å². The zero-order chi connectivity index (χ0) is 62.6. The maximum Gasteiger partial charge on any atom is 0.490 e. The Balaban J connectivity index is 1.09. The number of unbranched alkanes of at least 4 members (excludes halogenated alkanes) is 2. The van der Waals surface area contributed by atoms with Crippen LogP contribution in [0.3, 0.4) is 0 Å². The lowest BCUT2D eigenvalue weighted by Crippen LogP contribution is -2.52. The minimum Gasteiger partial charge on any atom is -0.481 e. The van der Waals surface area contributed by atoms with Crippen molar-refractivity contribution in [2.24, 2.45) is 0 Å². The molecule has 1 aromatic heterocycles. The van der Waals surface area contributed by atoms with Crippen molar-refractivity contribution in [2.45, 2.75) is 93.8 Å². The number of aliphatic hydroxyl groups is 1. The first kappa shape index (κ1) is 69.0. The number of aliphatic hydroxyl groups excluding tert-OH is 1. The van der Waals surface area contributed by atoms with Crippen LogP contribution < -0.4 is 38.0 Å². The van der Waals surface area contributed by atoms with Gasteiger partial charge in [0.2, 0.25) is 23.6 Å². The molecule has 3 aromatic rings. The van der Waals surface area contributed by atoms with E-state index < -0.39 is 133 Å². The molecule has 33 nitrogen and oxygen atoms in total. The van der Waals surface area contributed by atoms with Crippen LogP contribution in [0.15, 0.2) is 59.5 Å². The van der Waals surface area contributed by atoms with Gasteiger partial charge >= 0.3 is 53.2 Å². The zero-order valence-corrected chi connectivity index (χ0v) is 48.6. The highest BCUT2D eigenvalue weighted by molar-refractivity contribution is 8.76. The predicted molar refractivity (Wildman–Crippen MR) is 296 cm³/mol. The van der Waals surface area contributed by atoms with Gasteiger partial charge in [-0.05, 0) is 35.1 Å². The summed E-state index contributed by atoms with van der Waals surface area (Å²) in [7, 11) is -14.7. The second-order valence-electron chi connectivity index (χ2n) is 18.3. The van der Waals surface area contributed by atoms with Crippen molar-refractivity contribution in [3.05, 3.63) is 81.9 Å². The van der Waals surface area contributed by atoms with Crippen LogP contribution in [-0.2, 0) is 69.9 Å². The number of hydrogen-bond acceptors (Lipinski definition) is 22. The number of carbonyl (C=O) groups excluding carboxylic acids is 5. The number of carboxylic acid groups (broad SMARTS) is 3. The molecule has 8 atom stereocenters. The van der Waals surface area contributed by atoms with E-state index >= 15 is 0 Å². The number of carboxylic acids is 3. The second-order valence-corrected chi connectivity index (χ2v) is 25.4. The highest BCUT2D eigenvalue weighted by Crippen LogP contribution is 2.66. The lowest BCUT2D eigenvalue weighted by molar-refractivity contribution is -0.148. The zero-order valence-electron chi connectivity index (χ0n) is 44.3. The summed E-state index contributed by atoms with van der Waals surface area (Å²) in [6.07, 6.45) is -5.60. The third-order valence-corrected chi connectivity index (χ3v) is 18.2. The third-order valence-electron chi connectivity index (χ3n) is 12.0. The first-order chi connectivity index (χ1) is 40.0. The first-order valence-electron chi connectivity index (χ1n) is 25.2. The molecule has 1 aliphatic carbocycles. The molecular formula is C47H59N8O25P3S2. The van der Waals surface area contributed by atoms with E-state index in [4.69, 9.17) is 30.1 Å². The van der Waals surface area contributed by atoms with Gasteiger partial charge in [0.15, 0.2) is 0 Å². The number of aliphatic carboxylic acids is 3. The normalized spacial score (nSPS) is 17.8. The molecular weight excluding hydrogens is 1230 g/mol. The summed E-state index contributed by atoms with van der Waals surface area (Å²) in [5.74, 6) is -2.78. The van der Waals surface area contributed by atoms with E-state index in [2.05, 4.69) is 51.2 Å². The molecule has 5 rings (SSSR count). The van der Waals surface area contributed by atoms with Crippen molar-refractivity contribution in [3.8, 4) is 23.0 Å². The molecule has 0 saturated carbocycles. The van der Waals surface area contributed by atoms with Crippen molar-refractivity contribution < 1.29 is 115 Å². The number of alkyl carbamates (subject to hydrolysis) is 1. The third kappa shape index (κ3) is 22.9. The Morgan fingerprint density at radius 3 is 2.05 bits per heavy atom. The maximum atomic E-state index is 13.5. The fourth-order valence-electron chi connectivity index (χ4n) is 8.16. The molecule has 5 amide bonds. The average Bonchev–Trinajstić information content (AvgIpc) is 2.10. The number of anilines is 1. The predicted octanol–water partition coefficient (Wildman–Crippen LogP) is 0.644. The number of fused-ring (bicyclic) bond motifs is 3. The Morgan fingerprint density at radius 1 is 0.765 bits per heavy atom. The summed E-state index contributed by atoms with van der Waals surface area (Å²) in [4.78, 5) is 152. The number of hydrogen-bond donors (Lipinski definition) is 14. The minimum atomic E-state index is -5.82. The number of ether oxygens (including phenoxy) is 2. The largest absolute Gasteiger partial charge is 0.490 e. The summed E-state index contributed by atoms with van der Waals surface area (Å²) in [6, 6.07) is 10.7. The van der Waals surface area contributed by atoms with E-state index in [9.17, 15) is 82.0 Å². The molecule has 85 heavy (non-hydrogen) atoms. The highest BCUT2D eigenvalue weighted by atomic mass is 33.1. The van der Waals surface area contributed by atoms with Crippen molar-refractivity contribution in [2.75, 3.05) is 43.5 Å². The van der Waals surface area contributed by atoms with Crippen molar-refractivity contribution in [3.63, 3.8) is 0 Å². The van der Waals surface area contributed by atoms with E-state index in [0.717, 1.165) is 33.0 Å². The Labute approximate surface area is 489 Å². The minimum absolute atomic E-state index is 0.00765. The summed E-state index contributed by atoms with van der Waals surface area (Å²) in [6.45, 7) is -1.18. The molecule has 2 aromatic carbocycles. The van der Waals surface area contributed by atoms with E-state index in [0.29, 0.717) is 12.8 Å². The van der Waals surface area contributed by atoms with E-state index in [1.165, 1.54) is 21.6 Å². The lowest BCUT2D eigenvalue weighted by Gasteiger charge is -2.20. The molecule has 0 spiro atoms. The van der Waals surface area contributed by atoms with Gasteiger partial charge in [-0.2, -0.15) is 13.6 Å². The van der Waals surface area contributed by atoms with E-state index in [-0.39, 0.29) is 74.2 Å². The SMILES string of the molecule is Nc1nc(=O)n([C@H]2C[C@@H](O)[C@@H](COP(=O)(O)OP(=O)(O)OP(=O)(O)O)O2)cc1C#CCNC(=O)CCSSCC(NC(=O)OCC1c2ccccc2-c2ccccc21)C(=O)NCCCCCC(=O)NC(CC(=O)O)C(=O)NC(CC(=O)O)C(=O)O. The van der Waals surface area contributed by atoms with Gasteiger partial charge in [-0.1, -0.05) is 88.4 Å². The van der Waals surface area contributed by atoms with Gasteiger partial charge in [0, 0.05) is 49.4 Å². The van der Waals surface area contributed by atoms with Gasteiger partial charge in [-0.3, -0.25) is 37.9 Å². The Hall–Kier alpha value is -6.73. The molecule has 0 bridgehead atoms. The molecule has 2 heterocycles. The van der Waals surface area contributed by atoms with Crippen LogP contribution in [0, 0.1) is 11.8 Å².